The lowest BCUT2D eigenvalue weighted by Crippen LogP contribution is -2.37. The molecule has 0 aromatic carbocycles. The van der Waals surface area contributed by atoms with Gasteiger partial charge in [0, 0.05) is 12.8 Å². The third kappa shape index (κ3) is 63.1. The van der Waals surface area contributed by atoms with Crippen LogP contribution in [0.1, 0.15) is 232 Å². The number of hydrogen-bond acceptors (Lipinski definition) is 8. The van der Waals surface area contributed by atoms with Crippen LogP contribution in [-0.4, -0.2) is 70.0 Å². The number of allylic oxidation sites excluding steroid dienone is 24. The zero-order chi connectivity index (χ0) is 58.4. The summed E-state index contributed by atoms with van der Waals surface area (Å²) in [7, 11) is 1.14. The Kier molecular flexibility index (Phi) is 56.5. The van der Waals surface area contributed by atoms with Crippen LogP contribution in [0.15, 0.2) is 146 Å². The molecule has 0 fully saturated rings. The average Bonchev–Trinajstić information content (AvgIpc) is 3.42. The summed E-state index contributed by atoms with van der Waals surface area (Å²) in [5.74, 6) is -0.864. The Morgan fingerprint density at radius 1 is 0.400 bits per heavy atom. The van der Waals surface area contributed by atoms with E-state index in [-0.39, 0.29) is 26.1 Å². The molecule has 0 saturated carbocycles. The molecule has 0 aromatic rings. The molecule has 9 nitrogen and oxygen atoms in total. The van der Waals surface area contributed by atoms with Gasteiger partial charge in [-0.1, -0.05) is 243 Å². The summed E-state index contributed by atoms with van der Waals surface area (Å²) in [4.78, 5) is 37.9. The van der Waals surface area contributed by atoms with Crippen LogP contribution in [-0.2, 0) is 32.7 Å². The van der Waals surface area contributed by atoms with E-state index >= 15 is 0 Å². The summed E-state index contributed by atoms with van der Waals surface area (Å²) < 4.78 is 34.1. The van der Waals surface area contributed by atoms with E-state index in [9.17, 15) is 19.0 Å². The molecule has 0 bridgehead atoms. The largest absolute Gasteiger partial charge is 0.756 e. The molecule has 0 aromatic heterocycles. The van der Waals surface area contributed by atoms with Crippen molar-refractivity contribution in [1.29, 1.82) is 0 Å². The van der Waals surface area contributed by atoms with E-state index in [1.807, 2.05) is 21.1 Å². The van der Waals surface area contributed by atoms with Gasteiger partial charge in [0.1, 0.15) is 19.8 Å². The molecule has 0 aliphatic heterocycles. The van der Waals surface area contributed by atoms with Gasteiger partial charge >= 0.3 is 11.9 Å². The summed E-state index contributed by atoms with van der Waals surface area (Å²) in [6.07, 6.45) is 87.6. The number of ether oxygens (including phenoxy) is 2. The van der Waals surface area contributed by atoms with Crippen molar-refractivity contribution < 1.29 is 42.1 Å². The van der Waals surface area contributed by atoms with Gasteiger partial charge in [0.05, 0.1) is 27.7 Å². The molecule has 0 amide bonds. The highest BCUT2D eigenvalue weighted by atomic mass is 31.2. The standard InChI is InChI=1S/C70H116NO8P/c1-6-8-10-12-14-16-18-20-22-23-24-25-26-27-28-29-30-31-32-33-34-35-36-37-38-39-40-41-42-43-44-45-46-47-49-51-53-55-57-59-61-63-70(73)79-68(67-78-80(74,75)77-65-64-71(3,4)5)66-76-69(72)62-60-58-56-54-52-50-48-21-19-17-15-13-11-9-7-2/h8,10,14,16,20-22,24-25,27-28,30-31,33-34,36-37,39-40,42-43,45-46,48,68H,6-7,9,11-13,15,17-19,23,26,29,32,35,38,41,44,47,49-67H2,1-5H3/b10-8-,16-14-,22-20-,25-24-,28-27-,31-30-,34-33-,37-36-,40-39-,43-42-,46-45-,48-21-. The van der Waals surface area contributed by atoms with Gasteiger partial charge in [0.2, 0.25) is 0 Å². The highest BCUT2D eigenvalue weighted by Gasteiger charge is 2.22. The second-order valence-corrected chi connectivity index (χ2v) is 23.1. The summed E-state index contributed by atoms with van der Waals surface area (Å²) in [6, 6.07) is 0. The van der Waals surface area contributed by atoms with Crippen molar-refractivity contribution in [1.82, 2.24) is 0 Å². The number of phosphoric acid groups is 1. The first-order valence-electron chi connectivity index (χ1n) is 31.5. The summed E-state index contributed by atoms with van der Waals surface area (Å²) in [5, 5.41) is 0. The van der Waals surface area contributed by atoms with Gasteiger partial charge in [0.25, 0.3) is 7.82 Å². The van der Waals surface area contributed by atoms with Crippen LogP contribution in [0.2, 0.25) is 0 Å². The van der Waals surface area contributed by atoms with Gasteiger partial charge < -0.3 is 27.9 Å². The zero-order valence-corrected chi connectivity index (χ0v) is 52.4. The fraction of sp³-hybridized carbons (Fsp3) is 0.629. The van der Waals surface area contributed by atoms with Gasteiger partial charge in [-0.05, 0) is 122 Å². The fourth-order valence-corrected chi connectivity index (χ4v) is 8.74. The summed E-state index contributed by atoms with van der Waals surface area (Å²) in [5.41, 5.74) is 0. The number of quaternary nitrogens is 1. The maximum absolute atomic E-state index is 12.8. The number of rotatable bonds is 56. The number of hydrogen-bond donors (Lipinski definition) is 0. The second-order valence-electron chi connectivity index (χ2n) is 21.7. The third-order valence-electron chi connectivity index (χ3n) is 12.8. The first-order chi connectivity index (χ1) is 39.0. The van der Waals surface area contributed by atoms with Crippen LogP contribution in [0.25, 0.3) is 0 Å². The predicted molar refractivity (Wildman–Crippen MR) is 341 cm³/mol. The van der Waals surface area contributed by atoms with Gasteiger partial charge in [-0.15, -0.1) is 0 Å². The summed E-state index contributed by atoms with van der Waals surface area (Å²) in [6.45, 7) is 4.08. The van der Waals surface area contributed by atoms with E-state index in [0.29, 0.717) is 23.9 Å². The normalized spacial score (nSPS) is 14.2. The Labute approximate surface area is 491 Å². The first-order valence-corrected chi connectivity index (χ1v) is 33.0. The van der Waals surface area contributed by atoms with Crippen molar-refractivity contribution in [2.75, 3.05) is 47.5 Å². The van der Waals surface area contributed by atoms with Crippen LogP contribution in [0, 0.1) is 0 Å². The van der Waals surface area contributed by atoms with Gasteiger partial charge in [-0.3, -0.25) is 14.2 Å². The second kappa shape index (κ2) is 59.5. The highest BCUT2D eigenvalue weighted by molar-refractivity contribution is 7.45. The highest BCUT2D eigenvalue weighted by Crippen LogP contribution is 2.38. The minimum atomic E-state index is -4.65. The molecule has 0 N–H and O–H groups in total. The number of phosphoric ester groups is 1. The summed E-state index contributed by atoms with van der Waals surface area (Å²) >= 11 is 0. The molecule has 2 atom stereocenters. The molecule has 0 heterocycles. The van der Waals surface area contributed by atoms with E-state index in [2.05, 4.69) is 160 Å². The average molecular weight is 1130 g/mol. The number of carbonyl (C=O) groups is 2. The monoisotopic (exact) mass is 1130 g/mol. The van der Waals surface area contributed by atoms with E-state index in [4.69, 9.17) is 18.5 Å². The maximum Gasteiger partial charge on any atom is 0.306 e. The van der Waals surface area contributed by atoms with E-state index < -0.39 is 32.5 Å². The maximum atomic E-state index is 12.8. The van der Waals surface area contributed by atoms with Crippen molar-refractivity contribution in [3.8, 4) is 0 Å². The van der Waals surface area contributed by atoms with E-state index in [0.717, 1.165) is 135 Å². The Morgan fingerprint density at radius 2 is 0.713 bits per heavy atom. The number of nitrogens with zero attached hydrogens (tertiary/aromatic N) is 1. The molecular weight excluding hydrogens is 1010 g/mol. The number of likely N-dealkylation sites (N-methyl/N-ethyl adjacent to an activating group) is 1. The Hall–Kier alpha value is -4.11. The number of unbranched alkanes of at least 4 members (excludes halogenated alkanes) is 18. The Balaban J connectivity index is 4.14. The molecule has 2 unspecified atom stereocenters. The van der Waals surface area contributed by atoms with Crippen LogP contribution in [0.4, 0.5) is 0 Å². The minimum absolute atomic E-state index is 0.0412. The van der Waals surface area contributed by atoms with E-state index in [1.165, 1.54) is 57.8 Å². The SMILES string of the molecule is CC/C=C\C/C=C\C/C=C\C/C=C\C/C=C\C/C=C\C/C=C\C/C=C\C/C=C\C/C=C\C/C=C\CCCCCCCCCC(=O)OC(COC(=O)CCCCCCC/C=C\CCCCCCCC)COP(=O)([O-])OCC[N+](C)(C)C. The molecule has 80 heavy (non-hydrogen) atoms. The van der Waals surface area contributed by atoms with Gasteiger partial charge in [0.15, 0.2) is 6.10 Å². The molecule has 0 aliphatic rings. The molecule has 0 rings (SSSR count). The Morgan fingerprint density at radius 3 is 1.07 bits per heavy atom. The van der Waals surface area contributed by atoms with E-state index in [1.54, 1.807) is 0 Å². The van der Waals surface area contributed by atoms with Crippen LogP contribution in [0.3, 0.4) is 0 Å². The lowest BCUT2D eigenvalue weighted by molar-refractivity contribution is -0.870. The predicted octanol–water partition coefficient (Wildman–Crippen LogP) is 19.6. The molecule has 0 aliphatic carbocycles. The lowest BCUT2D eigenvalue weighted by Gasteiger charge is -2.28. The fourth-order valence-electron chi connectivity index (χ4n) is 8.01. The van der Waals surface area contributed by atoms with Crippen molar-refractivity contribution >= 4 is 19.8 Å². The van der Waals surface area contributed by atoms with Crippen molar-refractivity contribution in [2.45, 2.75) is 238 Å². The molecule has 0 spiro atoms. The number of carbonyl (C=O) groups excluding carboxylic acids is 2. The number of esters is 2. The topological polar surface area (TPSA) is 111 Å². The molecule has 0 radical (unpaired) electrons. The van der Waals surface area contributed by atoms with Crippen LogP contribution >= 0.6 is 7.82 Å². The molecule has 10 heteroatoms. The van der Waals surface area contributed by atoms with Gasteiger partial charge in [-0.25, -0.2) is 0 Å². The molecular formula is C70H116NO8P. The zero-order valence-electron chi connectivity index (χ0n) is 51.5. The van der Waals surface area contributed by atoms with Crippen LogP contribution in [0.5, 0.6) is 0 Å². The lowest BCUT2D eigenvalue weighted by atomic mass is 10.1. The Bertz CT molecular complexity index is 1860. The quantitative estimate of drug-likeness (QED) is 0.0195. The van der Waals surface area contributed by atoms with Crippen LogP contribution < -0.4 is 4.89 Å². The van der Waals surface area contributed by atoms with Crippen molar-refractivity contribution in [2.24, 2.45) is 0 Å². The molecule has 0 saturated heterocycles. The first kappa shape index (κ1) is 75.9. The van der Waals surface area contributed by atoms with Crippen molar-refractivity contribution in [3.05, 3.63) is 146 Å². The smallest absolute Gasteiger partial charge is 0.306 e. The minimum Gasteiger partial charge on any atom is -0.756 e. The molecule has 454 valence electrons. The van der Waals surface area contributed by atoms with Crippen molar-refractivity contribution in [3.63, 3.8) is 0 Å². The third-order valence-corrected chi connectivity index (χ3v) is 13.8. The van der Waals surface area contributed by atoms with Gasteiger partial charge in [-0.2, -0.15) is 0 Å².